The maximum absolute atomic E-state index is 6.37. The second kappa shape index (κ2) is 7.42. The summed E-state index contributed by atoms with van der Waals surface area (Å²) in [7, 11) is 0. The lowest BCUT2D eigenvalue weighted by Gasteiger charge is -2.18. The largest absolute Gasteiger partial charge is 0.310 e. The summed E-state index contributed by atoms with van der Waals surface area (Å²) in [6.07, 6.45) is 0. The third-order valence-electron chi connectivity index (χ3n) is 3.21. The van der Waals surface area contributed by atoms with Crippen molar-refractivity contribution in [1.29, 1.82) is 0 Å². The van der Waals surface area contributed by atoms with Gasteiger partial charge in [-0.1, -0.05) is 45.4 Å². The number of hydrogen-bond acceptors (Lipinski definition) is 2. The van der Waals surface area contributed by atoms with Crippen LogP contribution in [0.25, 0.3) is 0 Å². The molecule has 2 atom stereocenters. The SMILES string of the molecule is CCNC(C)c1ccc(SC(C)C(C)C)cc1Cl. The third-order valence-corrected chi connectivity index (χ3v) is 4.98. The molecule has 1 N–H and O–H groups in total. The van der Waals surface area contributed by atoms with E-state index in [9.17, 15) is 0 Å². The Morgan fingerprint density at radius 1 is 1.22 bits per heavy atom. The molecule has 2 unspecified atom stereocenters. The fourth-order valence-electron chi connectivity index (χ4n) is 1.70. The van der Waals surface area contributed by atoms with E-state index in [4.69, 9.17) is 11.6 Å². The van der Waals surface area contributed by atoms with E-state index in [-0.39, 0.29) is 0 Å². The first-order valence-electron chi connectivity index (χ1n) is 6.65. The van der Waals surface area contributed by atoms with Gasteiger partial charge in [-0.25, -0.2) is 0 Å². The van der Waals surface area contributed by atoms with Crippen LogP contribution in [-0.4, -0.2) is 11.8 Å². The maximum atomic E-state index is 6.37. The van der Waals surface area contributed by atoms with Crippen molar-refractivity contribution >= 4 is 23.4 Å². The van der Waals surface area contributed by atoms with Crippen LogP contribution in [0, 0.1) is 5.92 Å². The highest BCUT2D eigenvalue weighted by molar-refractivity contribution is 8.00. The summed E-state index contributed by atoms with van der Waals surface area (Å²) in [5.41, 5.74) is 1.18. The molecule has 1 nitrogen and oxygen atoms in total. The molecule has 0 aliphatic rings. The lowest BCUT2D eigenvalue weighted by Crippen LogP contribution is -2.18. The van der Waals surface area contributed by atoms with E-state index >= 15 is 0 Å². The predicted molar refractivity (Wildman–Crippen MR) is 83.7 cm³/mol. The lowest BCUT2D eigenvalue weighted by atomic mass is 10.1. The molecule has 0 saturated heterocycles. The van der Waals surface area contributed by atoms with E-state index in [2.05, 4.69) is 58.1 Å². The number of benzene rings is 1. The van der Waals surface area contributed by atoms with Crippen LogP contribution < -0.4 is 5.32 Å². The Balaban J connectivity index is 2.79. The third kappa shape index (κ3) is 4.49. The van der Waals surface area contributed by atoms with Gasteiger partial charge in [0.2, 0.25) is 0 Å². The predicted octanol–water partition coefficient (Wildman–Crippen LogP) is 5.15. The molecule has 102 valence electrons. The van der Waals surface area contributed by atoms with Crippen molar-refractivity contribution in [2.24, 2.45) is 5.92 Å². The van der Waals surface area contributed by atoms with Crippen LogP contribution in [0.4, 0.5) is 0 Å². The molecule has 0 aliphatic heterocycles. The van der Waals surface area contributed by atoms with Crippen LogP contribution in [0.2, 0.25) is 5.02 Å². The second-order valence-corrected chi connectivity index (χ2v) is 6.89. The molecule has 1 aromatic rings. The smallest absolute Gasteiger partial charge is 0.0464 e. The van der Waals surface area contributed by atoms with Crippen molar-refractivity contribution in [2.75, 3.05) is 6.54 Å². The summed E-state index contributed by atoms with van der Waals surface area (Å²) in [5, 5.41) is 4.86. The molecule has 0 fully saturated rings. The summed E-state index contributed by atoms with van der Waals surface area (Å²) in [6, 6.07) is 6.72. The number of thioether (sulfide) groups is 1. The van der Waals surface area contributed by atoms with Crippen molar-refractivity contribution in [3.63, 3.8) is 0 Å². The number of hydrogen-bond donors (Lipinski definition) is 1. The quantitative estimate of drug-likeness (QED) is 0.726. The van der Waals surface area contributed by atoms with Gasteiger partial charge in [0.25, 0.3) is 0 Å². The highest BCUT2D eigenvalue weighted by atomic mass is 35.5. The molecular formula is C15H24ClNS. The van der Waals surface area contributed by atoms with E-state index in [1.54, 1.807) is 0 Å². The van der Waals surface area contributed by atoms with Gasteiger partial charge in [-0.15, -0.1) is 11.8 Å². The van der Waals surface area contributed by atoms with E-state index < -0.39 is 0 Å². The first kappa shape index (κ1) is 15.9. The van der Waals surface area contributed by atoms with Crippen molar-refractivity contribution in [2.45, 2.75) is 50.8 Å². The Morgan fingerprint density at radius 2 is 1.89 bits per heavy atom. The van der Waals surface area contributed by atoms with Gasteiger partial charge in [0.15, 0.2) is 0 Å². The van der Waals surface area contributed by atoms with E-state index in [0.717, 1.165) is 11.6 Å². The highest BCUT2D eigenvalue weighted by Crippen LogP contribution is 2.32. The van der Waals surface area contributed by atoms with Gasteiger partial charge in [-0.2, -0.15) is 0 Å². The zero-order chi connectivity index (χ0) is 13.7. The normalized spacial score (nSPS) is 14.8. The molecule has 0 radical (unpaired) electrons. The van der Waals surface area contributed by atoms with Crippen molar-refractivity contribution in [3.8, 4) is 0 Å². The van der Waals surface area contributed by atoms with Crippen LogP contribution in [0.15, 0.2) is 23.1 Å². The summed E-state index contributed by atoms with van der Waals surface area (Å²) in [4.78, 5) is 1.26. The van der Waals surface area contributed by atoms with Gasteiger partial charge >= 0.3 is 0 Å². The van der Waals surface area contributed by atoms with Gasteiger partial charge in [0.05, 0.1) is 0 Å². The first-order chi connectivity index (χ1) is 8.45. The van der Waals surface area contributed by atoms with Crippen LogP contribution >= 0.6 is 23.4 Å². The van der Waals surface area contributed by atoms with Crippen LogP contribution in [0.3, 0.4) is 0 Å². The zero-order valence-electron chi connectivity index (χ0n) is 12.0. The maximum Gasteiger partial charge on any atom is 0.0464 e. The topological polar surface area (TPSA) is 12.0 Å². The van der Waals surface area contributed by atoms with Gasteiger partial charge in [0, 0.05) is 21.2 Å². The average Bonchev–Trinajstić information content (AvgIpc) is 2.29. The molecule has 0 amide bonds. The van der Waals surface area contributed by atoms with Gasteiger partial charge < -0.3 is 5.32 Å². The van der Waals surface area contributed by atoms with E-state index in [1.165, 1.54) is 10.5 Å². The minimum atomic E-state index is 0.309. The van der Waals surface area contributed by atoms with Gasteiger partial charge in [0.1, 0.15) is 0 Å². The number of nitrogens with one attached hydrogen (secondary N) is 1. The molecule has 1 aromatic carbocycles. The molecule has 0 aromatic heterocycles. The Morgan fingerprint density at radius 3 is 2.39 bits per heavy atom. The molecular weight excluding hydrogens is 262 g/mol. The fourth-order valence-corrected chi connectivity index (χ4v) is 3.14. The number of halogens is 1. The minimum Gasteiger partial charge on any atom is -0.310 e. The molecule has 0 bridgehead atoms. The molecule has 0 heterocycles. The Labute approximate surface area is 121 Å². The molecule has 3 heteroatoms. The zero-order valence-corrected chi connectivity index (χ0v) is 13.5. The molecule has 0 saturated carbocycles. The summed E-state index contributed by atoms with van der Waals surface area (Å²) >= 11 is 8.26. The van der Waals surface area contributed by atoms with Gasteiger partial charge in [-0.05, 0) is 37.1 Å². The lowest BCUT2D eigenvalue weighted by molar-refractivity contribution is 0.598. The molecule has 1 rings (SSSR count). The van der Waals surface area contributed by atoms with Crippen LogP contribution in [0.5, 0.6) is 0 Å². The van der Waals surface area contributed by atoms with Crippen LogP contribution in [0.1, 0.15) is 46.2 Å². The summed E-state index contributed by atoms with van der Waals surface area (Å²) in [5.74, 6) is 0.675. The van der Waals surface area contributed by atoms with Crippen molar-refractivity contribution in [3.05, 3.63) is 28.8 Å². The van der Waals surface area contributed by atoms with E-state index in [0.29, 0.717) is 17.2 Å². The van der Waals surface area contributed by atoms with Crippen LogP contribution in [-0.2, 0) is 0 Å². The highest BCUT2D eigenvalue weighted by Gasteiger charge is 2.12. The standard InChI is InChI=1S/C15H24ClNS/c1-6-17-11(4)14-8-7-13(9-15(14)16)18-12(5)10(2)3/h7-12,17H,6H2,1-5H3. The second-order valence-electron chi connectivity index (χ2n) is 5.03. The molecule has 18 heavy (non-hydrogen) atoms. The minimum absolute atomic E-state index is 0.309. The summed E-state index contributed by atoms with van der Waals surface area (Å²) < 4.78 is 0. The monoisotopic (exact) mass is 285 g/mol. The van der Waals surface area contributed by atoms with Gasteiger partial charge in [-0.3, -0.25) is 0 Å². The van der Waals surface area contributed by atoms with E-state index in [1.807, 2.05) is 11.8 Å². The molecule has 0 aliphatic carbocycles. The van der Waals surface area contributed by atoms with Crippen molar-refractivity contribution < 1.29 is 0 Å². The Kier molecular flexibility index (Phi) is 6.54. The first-order valence-corrected chi connectivity index (χ1v) is 7.91. The Hall–Kier alpha value is -0.180. The molecule has 0 spiro atoms. The van der Waals surface area contributed by atoms with Crippen molar-refractivity contribution in [1.82, 2.24) is 5.32 Å². The summed E-state index contributed by atoms with van der Waals surface area (Å²) in [6.45, 7) is 12.0. The fraction of sp³-hybridized carbons (Fsp3) is 0.600. The Bertz CT molecular complexity index is 379. The number of rotatable bonds is 6. The average molecular weight is 286 g/mol.